The van der Waals surface area contributed by atoms with E-state index in [1.54, 1.807) is 13.0 Å². The first-order valence-corrected chi connectivity index (χ1v) is 10.7. The number of hydrogen-bond acceptors (Lipinski definition) is 5. The molecular weight excluding hydrogens is 422 g/mol. The van der Waals surface area contributed by atoms with Crippen LogP contribution in [0.1, 0.15) is 19.1 Å². The van der Waals surface area contributed by atoms with E-state index in [9.17, 15) is 13.2 Å². The van der Waals surface area contributed by atoms with Crippen LogP contribution < -0.4 is 16.2 Å². The van der Waals surface area contributed by atoms with Crippen molar-refractivity contribution in [2.75, 3.05) is 11.5 Å². The average molecular weight is 442 g/mol. The summed E-state index contributed by atoms with van der Waals surface area (Å²) >= 11 is 3.39. The van der Waals surface area contributed by atoms with Crippen LogP contribution in [0.4, 0.5) is 4.79 Å². The van der Waals surface area contributed by atoms with Crippen molar-refractivity contribution in [1.29, 1.82) is 0 Å². The summed E-state index contributed by atoms with van der Waals surface area (Å²) in [5, 5.41) is 2.67. The molecule has 0 unspecified atom stereocenters. The summed E-state index contributed by atoms with van der Waals surface area (Å²) in [5.74, 6) is 1.48. The first kappa shape index (κ1) is 18.9. The van der Waals surface area contributed by atoms with E-state index in [2.05, 4.69) is 32.1 Å². The maximum Gasteiger partial charge on any atom is 0.329 e. The smallest absolute Gasteiger partial charge is 0.329 e. The third kappa shape index (κ3) is 4.87. The molecule has 1 atom stereocenters. The van der Waals surface area contributed by atoms with Crippen molar-refractivity contribution in [3.05, 3.63) is 46.6 Å². The molecule has 1 aromatic heterocycles. The summed E-state index contributed by atoms with van der Waals surface area (Å²) in [4.78, 5) is 11.9. The Balaban J connectivity index is 1.48. The Bertz CT molecular complexity index is 895. The van der Waals surface area contributed by atoms with Crippen molar-refractivity contribution in [2.24, 2.45) is 0 Å². The van der Waals surface area contributed by atoms with Gasteiger partial charge in [-0.1, -0.05) is 28.1 Å². The number of carbonyl (C=O) groups excluding carboxylic acids is 1. The highest BCUT2D eigenvalue weighted by Gasteiger charge is 2.38. The van der Waals surface area contributed by atoms with Crippen molar-refractivity contribution in [3.8, 4) is 11.3 Å². The highest BCUT2D eigenvalue weighted by molar-refractivity contribution is 9.10. The molecule has 140 valence electrons. The number of halogens is 1. The first-order valence-electron chi connectivity index (χ1n) is 8.11. The highest BCUT2D eigenvalue weighted by atomic mass is 79.9. The van der Waals surface area contributed by atoms with E-state index < -0.39 is 21.4 Å². The fraction of sp³-hybridized carbons (Fsp3) is 0.353. The van der Waals surface area contributed by atoms with E-state index in [0.29, 0.717) is 12.2 Å². The molecule has 0 saturated carbocycles. The van der Waals surface area contributed by atoms with E-state index in [-0.39, 0.29) is 18.1 Å². The van der Waals surface area contributed by atoms with E-state index in [1.165, 1.54) is 0 Å². The second-order valence-electron chi connectivity index (χ2n) is 6.61. The van der Waals surface area contributed by atoms with Gasteiger partial charge in [-0.15, -0.1) is 0 Å². The van der Waals surface area contributed by atoms with Gasteiger partial charge in [-0.2, -0.15) is 0 Å². The lowest BCUT2D eigenvalue weighted by Crippen LogP contribution is -2.55. The summed E-state index contributed by atoms with van der Waals surface area (Å²) in [5.41, 5.74) is 5.62. The quantitative estimate of drug-likeness (QED) is 0.619. The minimum absolute atomic E-state index is 0.00894. The van der Waals surface area contributed by atoms with Crippen LogP contribution >= 0.6 is 15.9 Å². The van der Waals surface area contributed by atoms with E-state index in [1.807, 2.05) is 30.3 Å². The summed E-state index contributed by atoms with van der Waals surface area (Å²) < 4.78 is 29.8. The van der Waals surface area contributed by atoms with Gasteiger partial charge in [-0.25, -0.2) is 18.6 Å². The molecule has 9 heteroatoms. The van der Waals surface area contributed by atoms with Gasteiger partial charge >= 0.3 is 6.03 Å². The molecule has 2 amide bonds. The van der Waals surface area contributed by atoms with Crippen LogP contribution in [-0.4, -0.2) is 31.5 Å². The third-order valence-corrected chi connectivity index (χ3v) is 6.63. The summed E-state index contributed by atoms with van der Waals surface area (Å²) in [6.45, 7) is 1.99. The molecule has 0 bridgehead atoms. The summed E-state index contributed by atoms with van der Waals surface area (Å²) in [6.07, 6.45) is 0.463. The topological polar surface area (TPSA) is 100 Å². The van der Waals surface area contributed by atoms with Gasteiger partial charge in [0.2, 0.25) is 0 Å². The van der Waals surface area contributed by atoms with Crippen molar-refractivity contribution >= 4 is 31.8 Å². The number of rotatable bonds is 5. The lowest BCUT2D eigenvalue weighted by Gasteiger charge is -2.24. The average Bonchev–Trinajstić information content (AvgIpc) is 3.16. The van der Waals surface area contributed by atoms with Crippen LogP contribution in [0, 0.1) is 0 Å². The van der Waals surface area contributed by atoms with Gasteiger partial charge in [-0.3, -0.25) is 5.43 Å². The molecule has 7 nitrogen and oxygen atoms in total. The number of sulfone groups is 1. The zero-order chi connectivity index (χ0) is 18.8. The van der Waals surface area contributed by atoms with Gasteiger partial charge in [0.15, 0.2) is 9.84 Å². The molecule has 1 aliphatic rings. The normalized spacial score (nSPS) is 21.5. The Labute approximate surface area is 160 Å². The largest absolute Gasteiger partial charge is 0.459 e. The van der Waals surface area contributed by atoms with E-state index in [4.69, 9.17) is 4.42 Å². The molecule has 1 fully saturated rings. The van der Waals surface area contributed by atoms with Crippen molar-refractivity contribution in [2.45, 2.75) is 25.4 Å². The zero-order valence-electron chi connectivity index (χ0n) is 14.2. The monoisotopic (exact) mass is 441 g/mol. The number of urea groups is 1. The standard InChI is InChI=1S/C17H20BrN3O4S/c1-17(8-9-26(23,24)11-17)21-20-16(22)19-10-14-6-7-15(25-14)12-2-4-13(18)5-3-12/h2-7,21H,8-11H2,1H3,(H2,19,20,22)/t17-/m1/s1. The van der Waals surface area contributed by atoms with Crippen LogP contribution in [0.25, 0.3) is 11.3 Å². The van der Waals surface area contributed by atoms with Gasteiger partial charge in [0.1, 0.15) is 11.5 Å². The number of hydrazine groups is 1. The summed E-state index contributed by atoms with van der Waals surface area (Å²) in [6, 6.07) is 10.9. The Morgan fingerprint density at radius 2 is 1.96 bits per heavy atom. The fourth-order valence-corrected chi connectivity index (χ4v) is 5.13. The number of carbonyl (C=O) groups is 1. The first-order chi connectivity index (χ1) is 12.2. The zero-order valence-corrected chi connectivity index (χ0v) is 16.6. The van der Waals surface area contributed by atoms with Gasteiger partial charge in [0, 0.05) is 15.6 Å². The van der Waals surface area contributed by atoms with Crippen molar-refractivity contribution < 1.29 is 17.6 Å². The minimum Gasteiger partial charge on any atom is -0.459 e. The van der Waals surface area contributed by atoms with Crippen LogP contribution in [-0.2, 0) is 16.4 Å². The van der Waals surface area contributed by atoms with Gasteiger partial charge in [0.05, 0.1) is 18.1 Å². The molecule has 1 saturated heterocycles. The Kier molecular flexibility index (Phi) is 5.40. The Hall–Kier alpha value is -1.84. The Morgan fingerprint density at radius 3 is 2.62 bits per heavy atom. The number of hydrogen-bond donors (Lipinski definition) is 3. The molecule has 26 heavy (non-hydrogen) atoms. The lowest BCUT2D eigenvalue weighted by molar-refractivity contribution is 0.226. The van der Waals surface area contributed by atoms with Gasteiger partial charge < -0.3 is 9.73 Å². The molecule has 3 rings (SSSR count). The van der Waals surface area contributed by atoms with Gasteiger partial charge in [0.25, 0.3) is 0 Å². The second-order valence-corrected chi connectivity index (χ2v) is 9.71. The molecule has 1 aromatic carbocycles. The molecule has 0 aliphatic carbocycles. The lowest BCUT2D eigenvalue weighted by atomic mass is 10.0. The van der Waals surface area contributed by atoms with Crippen LogP contribution in [0.5, 0.6) is 0 Å². The molecule has 2 aromatic rings. The highest BCUT2D eigenvalue weighted by Crippen LogP contribution is 2.24. The number of furan rings is 1. The van der Waals surface area contributed by atoms with Crippen LogP contribution in [0.2, 0.25) is 0 Å². The molecule has 0 spiro atoms. The Morgan fingerprint density at radius 1 is 1.23 bits per heavy atom. The maximum absolute atomic E-state index is 11.9. The van der Waals surface area contributed by atoms with Crippen molar-refractivity contribution in [3.63, 3.8) is 0 Å². The molecule has 2 heterocycles. The second kappa shape index (κ2) is 7.42. The number of benzene rings is 1. The number of amides is 2. The minimum atomic E-state index is -3.04. The maximum atomic E-state index is 11.9. The van der Waals surface area contributed by atoms with Crippen molar-refractivity contribution in [1.82, 2.24) is 16.2 Å². The summed E-state index contributed by atoms with van der Waals surface area (Å²) in [7, 11) is -3.04. The van der Waals surface area contributed by atoms with Crippen LogP contribution in [0.3, 0.4) is 0 Å². The van der Waals surface area contributed by atoms with E-state index in [0.717, 1.165) is 15.8 Å². The predicted octanol–water partition coefficient (Wildman–Crippen LogP) is 2.59. The molecule has 3 N–H and O–H groups in total. The van der Waals surface area contributed by atoms with Gasteiger partial charge in [-0.05, 0) is 37.6 Å². The SMILES string of the molecule is C[C@@]1(NNC(=O)NCc2ccc(-c3ccc(Br)cc3)o2)CCS(=O)(=O)C1. The van der Waals surface area contributed by atoms with Crippen LogP contribution in [0.15, 0.2) is 45.3 Å². The molecule has 0 radical (unpaired) electrons. The third-order valence-electron chi connectivity index (χ3n) is 4.19. The predicted molar refractivity (Wildman–Crippen MR) is 102 cm³/mol. The molecule has 1 aliphatic heterocycles. The number of nitrogens with one attached hydrogen (secondary N) is 3. The van der Waals surface area contributed by atoms with E-state index >= 15 is 0 Å². The fourth-order valence-electron chi connectivity index (χ4n) is 2.77. The molecular formula is C17H20BrN3O4S.